The van der Waals surface area contributed by atoms with Crippen LogP contribution in [-0.2, 0) is 6.42 Å². The van der Waals surface area contributed by atoms with Gasteiger partial charge in [-0.25, -0.2) is 4.39 Å². The molecule has 1 saturated carbocycles. The quantitative estimate of drug-likeness (QED) is 0.264. The van der Waals surface area contributed by atoms with Crippen LogP contribution >= 0.6 is 0 Å². The van der Waals surface area contributed by atoms with E-state index in [9.17, 15) is 9.18 Å². The van der Waals surface area contributed by atoms with Gasteiger partial charge in [-0.05, 0) is 85.3 Å². The average Bonchev–Trinajstić information content (AvgIpc) is 3.35. The molecule has 0 bridgehead atoms. The largest absolute Gasteiger partial charge is 0.397 e. The molecule has 0 spiro atoms. The maximum Gasteiger partial charge on any atom is 0.257 e. The monoisotopic (exact) mass is 540 g/mol. The van der Waals surface area contributed by atoms with E-state index in [0.717, 1.165) is 90.8 Å². The second-order valence-corrected chi connectivity index (χ2v) is 11.3. The molecule has 0 atom stereocenters. The summed E-state index contributed by atoms with van der Waals surface area (Å²) in [6, 6.07) is 16.5. The molecule has 1 aliphatic heterocycles. The highest BCUT2D eigenvalue weighted by atomic mass is 19.1. The number of anilines is 3. The van der Waals surface area contributed by atoms with Crippen molar-refractivity contribution in [3.63, 3.8) is 0 Å². The third-order valence-corrected chi connectivity index (χ3v) is 8.52. The van der Waals surface area contributed by atoms with E-state index in [2.05, 4.69) is 32.4 Å². The van der Waals surface area contributed by atoms with Gasteiger partial charge in [-0.2, -0.15) is 5.10 Å². The fourth-order valence-electron chi connectivity index (χ4n) is 6.30. The topological polar surface area (TPSA) is 90.3 Å². The number of likely N-dealkylation sites (N-methyl/N-ethyl adjacent to an activating group) is 1. The number of aromatic amines is 1. The number of halogens is 1. The van der Waals surface area contributed by atoms with Gasteiger partial charge >= 0.3 is 0 Å². The van der Waals surface area contributed by atoms with Crippen molar-refractivity contribution in [3.8, 4) is 0 Å². The summed E-state index contributed by atoms with van der Waals surface area (Å²) >= 11 is 0. The summed E-state index contributed by atoms with van der Waals surface area (Å²) in [6.07, 6.45) is 6.22. The zero-order chi connectivity index (χ0) is 27.6. The molecule has 1 amide bonds. The molecule has 2 fully saturated rings. The lowest BCUT2D eigenvalue weighted by atomic mass is 9.80. The van der Waals surface area contributed by atoms with Gasteiger partial charge in [0.2, 0.25) is 0 Å². The number of hydrogen-bond donors (Lipinski definition) is 3. The van der Waals surface area contributed by atoms with Crippen molar-refractivity contribution < 1.29 is 9.18 Å². The number of carbonyl (C=O) groups is 1. The molecule has 208 valence electrons. The van der Waals surface area contributed by atoms with Crippen LogP contribution in [0.25, 0.3) is 10.9 Å². The van der Waals surface area contributed by atoms with Crippen LogP contribution in [0.15, 0.2) is 54.6 Å². The zero-order valence-corrected chi connectivity index (χ0v) is 23.0. The van der Waals surface area contributed by atoms with Crippen LogP contribution < -0.4 is 16.0 Å². The molecule has 1 aromatic heterocycles. The van der Waals surface area contributed by atoms with Crippen molar-refractivity contribution >= 4 is 34.0 Å². The maximum atomic E-state index is 13.8. The molecule has 4 N–H and O–H groups in total. The third kappa shape index (κ3) is 5.41. The Balaban J connectivity index is 1.30. The molecule has 6 rings (SSSR count). The van der Waals surface area contributed by atoms with Gasteiger partial charge in [0.25, 0.3) is 5.91 Å². The van der Waals surface area contributed by atoms with Crippen molar-refractivity contribution in [1.82, 2.24) is 15.1 Å². The van der Waals surface area contributed by atoms with Crippen LogP contribution in [-0.4, -0.2) is 54.2 Å². The number of aromatic nitrogens is 2. The highest BCUT2D eigenvalue weighted by molar-refractivity contribution is 6.10. The number of piperazine rings is 1. The van der Waals surface area contributed by atoms with Crippen LogP contribution in [0.3, 0.4) is 0 Å². The van der Waals surface area contributed by atoms with Crippen LogP contribution in [0.2, 0.25) is 0 Å². The highest BCUT2D eigenvalue weighted by Crippen LogP contribution is 2.42. The Hall–Kier alpha value is -3.91. The number of nitrogen functional groups attached to an aromatic ring is 1. The van der Waals surface area contributed by atoms with Gasteiger partial charge in [0.15, 0.2) is 5.82 Å². The number of H-pyrrole nitrogens is 1. The molecule has 1 aliphatic carbocycles. The first-order valence-electron chi connectivity index (χ1n) is 14.3. The maximum absolute atomic E-state index is 13.8. The van der Waals surface area contributed by atoms with E-state index in [1.54, 1.807) is 12.1 Å². The van der Waals surface area contributed by atoms with Crippen LogP contribution in [0.5, 0.6) is 0 Å². The lowest BCUT2D eigenvalue weighted by molar-refractivity contribution is 0.102. The molecule has 2 aliphatic rings. The first-order chi connectivity index (χ1) is 19.5. The van der Waals surface area contributed by atoms with Gasteiger partial charge < -0.3 is 20.9 Å². The summed E-state index contributed by atoms with van der Waals surface area (Å²) in [4.78, 5) is 18.5. The Morgan fingerprint density at radius 1 is 1.02 bits per heavy atom. The van der Waals surface area contributed by atoms with Crippen molar-refractivity contribution in [2.24, 2.45) is 0 Å². The minimum atomic E-state index is -0.249. The second kappa shape index (κ2) is 11.3. The summed E-state index contributed by atoms with van der Waals surface area (Å²) in [6.45, 7) is 3.84. The fraction of sp³-hybridized carbons (Fsp3) is 0.375. The second-order valence-electron chi connectivity index (χ2n) is 11.3. The molecular weight excluding hydrogens is 503 g/mol. The average molecular weight is 541 g/mol. The van der Waals surface area contributed by atoms with E-state index in [4.69, 9.17) is 5.73 Å². The molecule has 0 radical (unpaired) electrons. The van der Waals surface area contributed by atoms with E-state index < -0.39 is 0 Å². The van der Waals surface area contributed by atoms with E-state index in [0.29, 0.717) is 17.8 Å². The zero-order valence-electron chi connectivity index (χ0n) is 23.0. The van der Waals surface area contributed by atoms with Gasteiger partial charge in [0.1, 0.15) is 5.82 Å². The number of nitrogens with two attached hydrogens (primary N) is 1. The molecule has 2 heterocycles. The molecule has 3 aromatic carbocycles. The van der Waals surface area contributed by atoms with E-state index in [-0.39, 0.29) is 17.6 Å². The molecule has 40 heavy (non-hydrogen) atoms. The van der Waals surface area contributed by atoms with Crippen molar-refractivity contribution in [2.75, 3.05) is 49.2 Å². The first kappa shape index (κ1) is 26.3. The van der Waals surface area contributed by atoms with Gasteiger partial charge in [-0.15, -0.1) is 0 Å². The Morgan fingerprint density at radius 3 is 2.58 bits per heavy atom. The van der Waals surface area contributed by atoms with E-state index in [1.165, 1.54) is 12.5 Å². The SMILES string of the molecule is CN1CCN(c2ccc(C(=O)Nc3n[nH]c4ccc(Cc5cccc(F)c5)cc34)c(C3CCCCC3)c2N)CC1. The Morgan fingerprint density at radius 2 is 1.80 bits per heavy atom. The molecule has 4 aromatic rings. The molecular formula is C32H37FN6O. The summed E-state index contributed by atoms with van der Waals surface area (Å²) in [5.74, 6) is 0.316. The van der Waals surface area contributed by atoms with Gasteiger partial charge in [-0.1, -0.05) is 37.5 Å². The number of carbonyl (C=O) groups excluding carboxylic acids is 1. The van der Waals surface area contributed by atoms with Crippen LogP contribution in [0.4, 0.5) is 21.6 Å². The molecule has 0 unspecified atom stereocenters. The molecule has 7 nitrogen and oxygen atoms in total. The Kier molecular flexibility index (Phi) is 7.43. The minimum absolute atomic E-state index is 0.193. The fourth-order valence-corrected chi connectivity index (χ4v) is 6.30. The Labute approximate surface area is 234 Å². The van der Waals surface area contributed by atoms with E-state index in [1.807, 2.05) is 36.4 Å². The first-order valence-corrected chi connectivity index (χ1v) is 14.3. The number of benzene rings is 3. The smallest absolute Gasteiger partial charge is 0.257 e. The predicted molar refractivity (Wildman–Crippen MR) is 160 cm³/mol. The minimum Gasteiger partial charge on any atom is -0.397 e. The number of hydrogen-bond acceptors (Lipinski definition) is 5. The summed E-state index contributed by atoms with van der Waals surface area (Å²) in [5.41, 5.74) is 13.0. The molecule has 8 heteroatoms. The normalized spacial score (nSPS) is 16.9. The third-order valence-electron chi connectivity index (χ3n) is 8.52. The van der Waals surface area contributed by atoms with Crippen LogP contribution in [0.1, 0.15) is 65.1 Å². The van der Waals surface area contributed by atoms with Crippen molar-refractivity contribution in [1.29, 1.82) is 0 Å². The van der Waals surface area contributed by atoms with Gasteiger partial charge in [0, 0.05) is 37.1 Å². The number of fused-ring (bicyclic) bond motifs is 1. The summed E-state index contributed by atoms with van der Waals surface area (Å²) in [7, 11) is 2.14. The van der Waals surface area contributed by atoms with Crippen LogP contribution in [0, 0.1) is 5.82 Å². The van der Waals surface area contributed by atoms with Gasteiger partial charge in [0.05, 0.1) is 16.9 Å². The van der Waals surface area contributed by atoms with Gasteiger partial charge in [-0.3, -0.25) is 9.89 Å². The number of amides is 1. The highest BCUT2D eigenvalue weighted by Gasteiger charge is 2.28. The standard InChI is InChI=1S/C32H37FN6O/c1-38-14-16-39(17-15-38)28-13-11-25(29(30(28)34)23-7-3-2-4-8-23)32(40)35-31-26-20-22(10-12-27(26)36-37-31)18-21-6-5-9-24(33)19-21/h5-6,9-13,19-20,23H,2-4,7-8,14-18,34H2,1H3,(H2,35,36,37,40). The summed E-state index contributed by atoms with van der Waals surface area (Å²) < 4.78 is 13.7. The van der Waals surface area contributed by atoms with Crippen molar-refractivity contribution in [2.45, 2.75) is 44.4 Å². The summed E-state index contributed by atoms with van der Waals surface area (Å²) in [5, 5.41) is 11.4. The number of nitrogens with zero attached hydrogens (tertiary/aromatic N) is 3. The molecule has 1 saturated heterocycles. The predicted octanol–water partition coefficient (Wildman–Crippen LogP) is 5.93. The Bertz CT molecular complexity index is 1520. The number of nitrogens with one attached hydrogen (secondary N) is 2. The lowest BCUT2D eigenvalue weighted by Gasteiger charge is -2.36. The number of rotatable bonds is 6. The lowest BCUT2D eigenvalue weighted by Crippen LogP contribution is -2.44. The van der Waals surface area contributed by atoms with E-state index >= 15 is 0 Å². The van der Waals surface area contributed by atoms with Crippen molar-refractivity contribution in [3.05, 3.63) is 82.7 Å².